The third kappa shape index (κ3) is 3.62. The van der Waals surface area contributed by atoms with E-state index in [1.54, 1.807) is 6.07 Å². The third-order valence-electron chi connectivity index (χ3n) is 2.71. The zero-order chi connectivity index (χ0) is 13.7. The van der Waals surface area contributed by atoms with Gasteiger partial charge in [-0.1, -0.05) is 30.3 Å². The van der Waals surface area contributed by atoms with E-state index < -0.39 is 10.8 Å². The highest BCUT2D eigenvalue weighted by Gasteiger charge is 2.10. The Morgan fingerprint density at radius 3 is 2.63 bits per heavy atom. The van der Waals surface area contributed by atoms with Gasteiger partial charge in [0.15, 0.2) is 0 Å². The average Bonchev–Trinajstić information content (AvgIpc) is 2.44. The van der Waals surface area contributed by atoms with Crippen molar-refractivity contribution < 1.29 is 9.00 Å². The van der Waals surface area contributed by atoms with Crippen molar-refractivity contribution in [3.8, 4) is 0 Å². The highest BCUT2D eigenvalue weighted by Crippen LogP contribution is 2.17. The largest absolute Gasteiger partial charge is 0.354 e. The minimum atomic E-state index is -1.33. The van der Waals surface area contributed by atoms with E-state index in [0.29, 0.717) is 18.0 Å². The summed E-state index contributed by atoms with van der Waals surface area (Å²) >= 11 is 0. The molecule has 0 heterocycles. The van der Waals surface area contributed by atoms with Crippen molar-refractivity contribution >= 4 is 27.5 Å². The van der Waals surface area contributed by atoms with Crippen LogP contribution in [0.2, 0.25) is 0 Å². The summed E-state index contributed by atoms with van der Waals surface area (Å²) in [5, 5.41) is 4.73. The lowest BCUT2D eigenvalue weighted by atomic mass is 10.1. The van der Waals surface area contributed by atoms with Crippen molar-refractivity contribution in [3.05, 3.63) is 42.5 Å². The molecule has 0 spiro atoms. The van der Waals surface area contributed by atoms with Crippen LogP contribution in [0, 0.1) is 0 Å². The average molecular weight is 276 g/mol. The van der Waals surface area contributed by atoms with E-state index in [1.165, 1.54) is 0 Å². The van der Waals surface area contributed by atoms with Crippen molar-refractivity contribution in [3.63, 3.8) is 0 Å². The number of nitrogens with one attached hydrogen (secondary N) is 1. The molecule has 0 aliphatic heterocycles. The first kappa shape index (κ1) is 13.7. The van der Waals surface area contributed by atoms with Crippen molar-refractivity contribution in [2.45, 2.75) is 4.90 Å². The summed E-state index contributed by atoms with van der Waals surface area (Å²) < 4.78 is 12.1. The fraction of sp³-hybridized carbons (Fsp3) is 0.214. The van der Waals surface area contributed by atoms with Gasteiger partial charge >= 0.3 is 0 Å². The van der Waals surface area contributed by atoms with E-state index in [9.17, 15) is 9.00 Å². The van der Waals surface area contributed by atoms with Gasteiger partial charge in [0.25, 0.3) is 0 Å². The molecule has 3 N–H and O–H groups in total. The summed E-state index contributed by atoms with van der Waals surface area (Å²) in [7, 11) is -1.33. The van der Waals surface area contributed by atoms with Crippen LogP contribution in [-0.2, 0) is 15.6 Å². The number of fused-ring (bicyclic) bond motifs is 1. The third-order valence-corrected chi connectivity index (χ3v) is 4.02. The van der Waals surface area contributed by atoms with Gasteiger partial charge in [0.05, 0.1) is 10.8 Å². The van der Waals surface area contributed by atoms with E-state index in [0.717, 1.165) is 10.8 Å². The van der Waals surface area contributed by atoms with E-state index in [2.05, 4.69) is 5.32 Å². The summed E-state index contributed by atoms with van der Waals surface area (Å²) in [4.78, 5) is 12.2. The maximum atomic E-state index is 12.1. The molecular weight excluding hydrogens is 260 g/mol. The summed E-state index contributed by atoms with van der Waals surface area (Å²) in [6.07, 6.45) is 0. The number of hydrogen-bond acceptors (Lipinski definition) is 3. The number of hydrogen-bond donors (Lipinski definition) is 2. The Kier molecular flexibility index (Phi) is 4.65. The summed E-state index contributed by atoms with van der Waals surface area (Å²) in [6, 6.07) is 13.4. The summed E-state index contributed by atoms with van der Waals surface area (Å²) in [5.41, 5.74) is 5.29. The van der Waals surface area contributed by atoms with Crippen LogP contribution < -0.4 is 11.1 Å². The smallest absolute Gasteiger partial charge is 0.233 e. The number of carbonyl (C=O) groups is 1. The van der Waals surface area contributed by atoms with E-state index in [4.69, 9.17) is 5.73 Å². The number of nitrogens with two attached hydrogens (primary N) is 1. The van der Waals surface area contributed by atoms with E-state index in [1.807, 2.05) is 36.4 Å². The van der Waals surface area contributed by atoms with E-state index >= 15 is 0 Å². The molecule has 0 aliphatic rings. The fourth-order valence-corrected chi connectivity index (χ4v) is 2.76. The van der Waals surface area contributed by atoms with Crippen LogP contribution in [0.4, 0.5) is 0 Å². The molecule has 4 nitrogen and oxygen atoms in total. The molecule has 2 rings (SSSR count). The predicted octanol–water partition coefficient (Wildman–Crippen LogP) is 1.02. The molecule has 2 aromatic rings. The molecule has 0 saturated heterocycles. The zero-order valence-corrected chi connectivity index (χ0v) is 11.3. The van der Waals surface area contributed by atoms with Gasteiger partial charge in [-0.3, -0.25) is 9.00 Å². The lowest BCUT2D eigenvalue weighted by molar-refractivity contribution is -0.118. The van der Waals surface area contributed by atoms with Crippen LogP contribution in [0.1, 0.15) is 0 Å². The number of amides is 1. The Morgan fingerprint density at radius 1 is 1.16 bits per heavy atom. The highest BCUT2D eigenvalue weighted by atomic mass is 32.2. The van der Waals surface area contributed by atoms with Gasteiger partial charge in [-0.15, -0.1) is 0 Å². The SMILES string of the molecule is NCCNC(=O)CS(=O)c1ccc2ccccc2c1. The Labute approximate surface area is 114 Å². The molecule has 19 heavy (non-hydrogen) atoms. The van der Waals surface area contributed by atoms with Crippen molar-refractivity contribution in [1.82, 2.24) is 5.32 Å². The van der Waals surface area contributed by atoms with Gasteiger partial charge in [0, 0.05) is 18.0 Å². The van der Waals surface area contributed by atoms with Gasteiger partial charge in [0.1, 0.15) is 5.75 Å². The second-order valence-corrected chi connectivity index (χ2v) is 5.59. The Hall–Kier alpha value is -1.72. The quantitative estimate of drug-likeness (QED) is 0.856. The van der Waals surface area contributed by atoms with Crippen LogP contribution >= 0.6 is 0 Å². The first-order valence-corrected chi connectivity index (χ1v) is 7.36. The molecule has 1 amide bonds. The Morgan fingerprint density at radius 2 is 1.89 bits per heavy atom. The molecular formula is C14H16N2O2S. The Bertz CT molecular complexity index is 613. The monoisotopic (exact) mass is 276 g/mol. The number of carbonyl (C=O) groups excluding carboxylic acids is 1. The molecule has 0 fully saturated rings. The van der Waals surface area contributed by atoms with E-state index in [-0.39, 0.29) is 11.7 Å². The van der Waals surface area contributed by atoms with Gasteiger partial charge in [-0.2, -0.15) is 0 Å². The molecule has 1 unspecified atom stereocenters. The van der Waals surface area contributed by atoms with Gasteiger partial charge < -0.3 is 11.1 Å². The molecule has 0 radical (unpaired) electrons. The van der Waals surface area contributed by atoms with Gasteiger partial charge in [-0.05, 0) is 22.9 Å². The summed E-state index contributed by atoms with van der Waals surface area (Å²) in [5.74, 6) is -0.268. The standard InChI is InChI=1S/C14H16N2O2S/c15-7-8-16-14(17)10-19(18)13-6-5-11-3-1-2-4-12(11)9-13/h1-6,9H,7-8,10,15H2,(H,16,17). The van der Waals surface area contributed by atoms with Crippen LogP contribution in [-0.4, -0.2) is 29.0 Å². The topological polar surface area (TPSA) is 72.2 Å². The predicted molar refractivity (Wildman–Crippen MR) is 77.3 cm³/mol. The van der Waals surface area contributed by atoms with Crippen molar-refractivity contribution in [2.24, 2.45) is 5.73 Å². The van der Waals surface area contributed by atoms with Crippen molar-refractivity contribution in [1.29, 1.82) is 0 Å². The van der Waals surface area contributed by atoms with Crippen molar-refractivity contribution in [2.75, 3.05) is 18.8 Å². The minimum absolute atomic E-state index is 0.0294. The maximum absolute atomic E-state index is 12.1. The number of rotatable bonds is 5. The molecule has 0 aromatic heterocycles. The first-order valence-electron chi connectivity index (χ1n) is 6.04. The lowest BCUT2D eigenvalue weighted by Crippen LogP contribution is -2.32. The normalized spacial score (nSPS) is 12.3. The molecule has 0 bridgehead atoms. The molecule has 5 heteroatoms. The van der Waals surface area contributed by atoms with Gasteiger partial charge in [0.2, 0.25) is 5.91 Å². The van der Waals surface area contributed by atoms with Crippen LogP contribution in [0.15, 0.2) is 47.4 Å². The fourth-order valence-electron chi connectivity index (χ4n) is 1.77. The molecule has 100 valence electrons. The molecule has 0 aliphatic carbocycles. The first-order chi connectivity index (χ1) is 9.20. The maximum Gasteiger partial charge on any atom is 0.233 e. The van der Waals surface area contributed by atoms with Crippen LogP contribution in [0.25, 0.3) is 10.8 Å². The lowest BCUT2D eigenvalue weighted by Gasteiger charge is -2.05. The molecule has 0 saturated carbocycles. The highest BCUT2D eigenvalue weighted by molar-refractivity contribution is 7.85. The second kappa shape index (κ2) is 6.45. The minimum Gasteiger partial charge on any atom is -0.354 e. The second-order valence-electron chi connectivity index (χ2n) is 4.14. The Balaban J connectivity index is 2.11. The van der Waals surface area contributed by atoms with Crippen LogP contribution in [0.3, 0.4) is 0 Å². The molecule has 1 atom stereocenters. The zero-order valence-electron chi connectivity index (χ0n) is 10.5. The van der Waals surface area contributed by atoms with Crippen LogP contribution in [0.5, 0.6) is 0 Å². The molecule has 2 aromatic carbocycles. The summed E-state index contributed by atoms with van der Waals surface area (Å²) in [6.45, 7) is 0.794. The number of benzene rings is 2. The van der Waals surface area contributed by atoms with Gasteiger partial charge in [-0.25, -0.2) is 0 Å².